The molecule has 1 aromatic heterocycles. The number of nitrogens with zero attached hydrogens (tertiary/aromatic N) is 4. The normalized spacial score (nSPS) is 22.1. The first kappa shape index (κ1) is 24.0. The molecular formula is C23H24F4N4O3. The monoisotopic (exact) mass is 480 g/mol. The Morgan fingerprint density at radius 1 is 1.26 bits per heavy atom. The molecule has 0 spiro atoms. The largest absolute Gasteiger partial charge is 0.494 e. The number of para-hydroxylation sites is 1. The lowest BCUT2D eigenvalue weighted by Gasteiger charge is -2.33. The number of hydrogen-bond donors (Lipinski definition) is 0. The summed E-state index contributed by atoms with van der Waals surface area (Å²) in [6.45, 7) is 0.958. The standard InChI is InChI=1S/C23H24F4N4O3/c1-33-18-4-2-3-17-19(10-20(23(25,26)27)29-22(17)18)34-16-5-7-30(8-6-16)13-21(32)31-12-14(24)9-15(31)11-28/h2-4,10,14-16H,5-9,12-13H2,1H3/t14-,15-/m0/s1. The third-order valence-corrected chi connectivity index (χ3v) is 6.18. The second kappa shape index (κ2) is 9.62. The smallest absolute Gasteiger partial charge is 0.433 e. The molecule has 3 heterocycles. The van der Waals surface area contributed by atoms with Gasteiger partial charge in [-0.25, -0.2) is 9.37 Å². The van der Waals surface area contributed by atoms with Crippen LogP contribution in [0.25, 0.3) is 10.9 Å². The first-order valence-corrected chi connectivity index (χ1v) is 11.0. The van der Waals surface area contributed by atoms with Gasteiger partial charge in [-0.1, -0.05) is 6.07 Å². The van der Waals surface area contributed by atoms with Crippen LogP contribution in [0.3, 0.4) is 0 Å². The van der Waals surface area contributed by atoms with Gasteiger partial charge in [-0.2, -0.15) is 18.4 Å². The average molecular weight is 480 g/mol. The Morgan fingerprint density at radius 2 is 2.00 bits per heavy atom. The number of hydrogen-bond acceptors (Lipinski definition) is 6. The van der Waals surface area contributed by atoms with Gasteiger partial charge in [0.05, 0.1) is 26.3 Å². The van der Waals surface area contributed by atoms with Crippen LogP contribution in [0.4, 0.5) is 17.6 Å². The quantitative estimate of drug-likeness (QED) is 0.609. The van der Waals surface area contributed by atoms with E-state index in [2.05, 4.69) is 4.98 Å². The number of fused-ring (bicyclic) bond motifs is 1. The van der Waals surface area contributed by atoms with E-state index in [1.807, 2.05) is 11.0 Å². The number of aromatic nitrogens is 1. The molecule has 2 aliphatic rings. The van der Waals surface area contributed by atoms with Gasteiger partial charge in [0.1, 0.15) is 41.0 Å². The van der Waals surface area contributed by atoms with Gasteiger partial charge in [-0.15, -0.1) is 0 Å². The summed E-state index contributed by atoms with van der Waals surface area (Å²) < 4.78 is 65.1. The Morgan fingerprint density at radius 3 is 2.65 bits per heavy atom. The number of rotatable bonds is 5. The van der Waals surface area contributed by atoms with E-state index in [0.717, 1.165) is 6.07 Å². The topological polar surface area (TPSA) is 78.7 Å². The molecule has 2 aliphatic heterocycles. The van der Waals surface area contributed by atoms with Gasteiger partial charge in [0.15, 0.2) is 0 Å². The molecule has 11 heteroatoms. The number of likely N-dealkylation sites (tertiary alicyclic amines) is 2. The zero-order chi connectivity index (χ0) is 24.5. The van der Waals surface area contributed by atoms with Gasteiger partial charge in [0.25, 0.3) is 0 Å². The van der Waals surface area contributed by atoms with Crippen molar-refractivity contribution in [3.05, 3.63) is 30.0 Å². The molecule has 7 nitrogen and oxygen atoms in total. The Kier molecular flexibility index (Phi) is 6.79. The van der Waals surface area contributed by atoms with Crippen molar-refractivity contribution in [3.8, 4) is 17.6 Å². The summed E-state index contributed by atoms with van der Waals surface area (Å²) >= 11 is 0. The van der Waals surface area contributed by atoms with Crippen molar-refractivity contribution in [2.24, 2.45) is 0 Å². The number of methoxy groups -OCH3 is 1. The van der Waals surface area contributed by atoms with Crippen LogP contribution in [-0.2, 0) is 11.0 Å². The van der Waals surface area contributed by atoms with Gasteiger partial charge in [0, 0.05) is 31.0 Å². The molecule has 182 valence electrons. The van der Waals surface area contributed by atoms with E-state index in [9.17, 15) is 22.4 Å². The zero-order valence-electron chi connectivity index (χ0n) is 18.5. The highest BCUT2D eigenvalue weighted by Crippen LogP contribution is 2.38. The van der Waals surface area contributed by atoms with Gasteiger partial charge in [-0.05, 0) is 25.0 Å². The Balaban J connectivity index is 1.44. The number of ether oxygens (including phenoxy) is 2. The van der Waals surface area contributed by atoms with E-state index in [0.29, 0.717) is 31.3 Å². The molecule has 0 N–H and O–H groups in total. The molecule has 0 unspecified atom stereocenters. The van der Waals surface area contributed by atoms with E-state index in [1.165, 1.54) is 18.1 Å². The van der Waals surface area contributed by atoms with Crippen molar-refractivity contribution in [1.82, 2.24) is 14.8 Å². The summed E-state index contributed by atoms with van der Waals surface area (Å²) in [6.07, 6.45) is -5.16. The van der Waals surface area contributed by atoms with Gasteiger partial charge < -0.3 is 14.4 Å². The molecule has 1 amide bonds. The van der Waals surface area contributed by atoms with Crippen molar-refractivity contribution < 1.29 is 31.8 Å². The summed E-state index contributed by atoms with van der Waals surface area (Å²) in [6, 6.07) is 6.95. The van der Waals surface area contributed by atoms with Crippen molar-refractivity contribution in [2.75, 3.05) is 33.3 Å². The molecule has 2 fully saturated rings. The highest BCUT2D eigenvalue weighted by molar-refractivity contribution is 5.90. The zero-order valence-corrected chi connectivity index (χ0v) is 18.5. The first-order valence-electron chi connectivity index (χ1n) is 11.0. The minimum Gasteiger partial charge on any atom is -0.494 e. The van der Waals surface area contributed by atoms with Crippen molar-refractivity contribution in [2.45, 2.75) is 43.8 Å². The molecule has 34 heavy (non-hydrogen) atoms. The number of piperidine rings is 1. The summed E-state index contributed by atoms with van der Waals surface area (Å²) in [5.74, 6) is -0.00309. The molecule has 0 saturated carbocycles. The van der Waals surface area contributed by atoms with E-state index in [-0.39, 0.29) is 48.5 Å². The molecule has 0 aliphatic carbocycles. The predicted molar refractivity (Wildman–Crippen MR) is 114 cm³/mol. The van der Waals surface area contributed by atoms with Crippen LogP contribution in [0.5, 0.6) is 11.5 Å². The molecule has 2 atom stereocenters. The van der Waals surface area contributed by atoms with Crippen molar-refractivity contribution in [3.63, 3.8) is 0 Å². The fourth-order valence-corrected chi connectivity index (χ4v) is 4.43. The van der Waals surface area contributed by atoms with Gasteiger partial charge in [0.2, 0.25) is 5.91 Å². The van der Waals surface area contributed by atoms with Crippen LogP contribution in [0.2, 0.25) is 0 Å². The molecule has 4 rings (SSSR count). The fourth-order valence-electron chi connectivity index (χ4n) is 4.43. The maximum atomic E-state index is 13.6. The number of pyridine rings is 1. The summed E-state index contributed by atoms with van der Waals surface area (Å²) in [5.41, 5.74) is -0.993. The number of benzene rings is 1. The van der Waals surface area contributed by atoms with Crippen molar-refractivity contribution >= 4 is 16.8 Å². The highest BCUT2D eigenvalue weighted by Gasteiger charge is 2.37. The Hall–Kier alpha value is -3.13. The van der Waals surface area contributed by atoms with Crippen LogP contribution in [0.15, 0.2) is 24.3 Å². The fraction of sp³-hybridized carbons (Fsp3) is 0.522. The lowest BCUT2D eigenvalue weighted by atomic mass is 10.1. The molecule has 2 saturated heterocycles. The maximum absolute atomic E-state index is 13.6. The van der Waals surface area contributed by atoms with Crippen LogP contribution >= 0.6 is 0 Å². The van der Waals surface area contributed by atoms with E-state index in [1.54, 1.807) is 12.1 Å². The van der Waals surface area contributed by atoms with Crippen LogP contribution in [0, 0.1) is 11.3 Å². The number of nitriles is 1. The third-order valence-electron chi connectivity index (χ3n) is 6.18. The second-order valence-corrected chi connectivity index (χ2v) is 8.48. The Labute approximate surface area is 193 Å². The second-order valence-electron chi connectivity index (χ2n) is 8.48. The minimum atomic E-state index is -4.65. The number of amides is 1. The lowest BCUT2D eigenvalue weighted by molar-refractivity contribution is -0.141. The summed E-state index contributed by atoms with van der Waals surface area (Å²) in [4.78, 5) is 19.5. The predicted octanol–water partition coefficient (Wildman–Crippen LogP) is 3.57. The molecule has 2 aromatic rings. The number of alkyl halides is 4. The van der Waals surface area contributed by atoms with Crippen molar-refractivity contribution in [1.29, 1.82) is 5.26 Å². The summed E-state index contributed by atoms with van der Waals surface area (Å²) in [5, 5.41) is 9.56. The first-order chi connectivity index (χ1) is 16.2. The number of halogens is 4. The van der Waals surface area contributed by atoms with E-state index < -0.39 is 24.1 Å². The Bertz CT molecular complexity index is 1100. The third kappa shape index (κ3) is 5.01. The van der Waals surface area contributed by atoms with Gasteiger partial charge >= 0.3 is 6.18 Å². The maximum Gasteiger partial charge on any atom is 0.433 e. The van der Waals surface area contributed by atoms with Gasteiger partial charge in [-0.3, -0.25) is 9.69 Å². The average Bonchev–Trinajstić information content (AvgIpc) is 3.20. The molecule has 0 radical (unpaired) electrons. The summed E-state index contributed by atoms with van der Waals surface area (Å²) in [7, 11) is 1.36. The number of carbonyl (C=O) groups excluding carboxylic acids is 1. The van der Waals surface area contributed by atoms with E-state index in [4.69, 9.17) is 14.7 Å². The van der Waals surface area contributed by atoms with Crippen LogP contribution in [0.1, 0.15) is 25.0 Å². The molecule has 0 bridgehead atoms. The van der Waals surface area contributed by atoms with Crippen LogP contribution in [-0.4, -0.2) is 72.3 Å². The molecular weight excluding hydrogens is 456 g/mol. The minimum absolute atomic E-state index is 0.0305. The van der Waals surface area contributed by atoms with Crippen LogP contribution < -0.4 is 9.47 Å². The SMILES string of the molecule is COc1cccc2c(OC3CCN(CC(=O)N4C[C@@H](F)C[C@H]4C#N)CC3)cc(C(F)(F)F)nc12. The molecule has 1 aromatic carbocycles. The lowest BCUT2D eigenvalue weighted by Crippen LogP contribution is -2.46. The highest BCUT2D eigenvalue weighted by atomic mass is 19.4. The van der Waals surface area contributed by atoms with E-state index >= 15 is 0 Å². The number of carbonyl (C=O) groups is 1.